The second-order valence-electron chi connectivity index (χ2n) is 6.33. The highest BCUT2D eigenvalue weighted by Crippen LogP contribution is 2.41. The number of aliphatic carboxylic acids is 1. The average molecular weight is 268 g/mol. The number of carbonyl (C=O) groups is 2. The standard InChI is InChI=1S/C14H24N2O3/c1-3-14(12(18)19)7-4-8-16(9-14)11(17)13(2,15)10-5-6-10/h10H,3-9,15H2,1-2H3,(H,18,19). The number of nitrogens with zero attached hydrogens (tertiary/aromatic N) is 1. The van der Waals surface area contributed by atoms with E-state index in [1.165, 1.54) is 0 Å². The second-order valence-corrected chi connectivity index (χ2v) is 6.33. The number of amides is 1. The molecule has 2 aliphatic rings. The van der Waals surface area contributed by atoms with E-state index in [-0.39, 0.29) is 11.8 Å². The number of piperidine rings is 1. The topological polar surface area (TPSA) is 83.6 Å². The molecular formula is C14H24N2O3. The van der Waals surface area contributed by atoms with E-state index in [1.807, 2.05) is 6.92 Å². The van der Waals surface area contributed by atoms with Crippen LogP contribution in [0, 0.1) is 11.3 Å². The van der Waals surface area contributed by atoms with Crippen LogP contribution in [0.5, 0.6) is 0 Å². The Balaban J connectivity index is 2.12. The lowest BCUT2D eigenvalue weighted by Gasteiger charge is -2.42. The summed E-state index contributed by atoms with van der Waals surface area (Å²) in [7, 11) is 0. The van der Waals surface area contributed by atoms with Crippen LogP contribution >= 0.6 is 0 Å². The molecule has 0 aromatic heterocycles. The monoisotopic (exact) mass is 268 g/mol. The van der Waals surface area contributed by atoms with Crippen molar-refractivity contribution in [1.82, 2.24) is 4.90 Å². The molecule has 0 aromatic carbocycles. The highest BCUT2D eigenvalue weighted by atomic mass is 16.4. The Morgan fingerprint density at radius 3 is 2.58 bits per heavy atom. The second kappa shape index (κ2) is 4.78. The van der Waals surface area contributed by atoms with E-state index in [2.05, 4.69) is 0 Å². The van der Waals surface area contributed by atoms with Gasteiger partial charge in [-0.1, -0.05) is 6.92 Å². The summed E-state index contributed by atoms with van der Waals surface area (Å²) >= 11 is 0. The van der Waals surface area contributed by atoms with Crippen LogP contribution in [0.1, 0.15) is 46.0 Å². The van der Waals surface area contributed by atoms with Gasteiger partial charge in [-0.15, -0.1) is 0 Å². The minimum atomic E-state index is -0.824. The molecule has 0 bridgehead atoms. The number of rotatable bonds is 4. The van der Waals surface area contributed by atoms with Crippen LogP contribution in [-0.4, -0.2) is 40.5 Å². The molecule has 2 atom stereocenters. The number of carbonyl (C=O) groups excluding carboxylic acids is 1. The van der Waals surface area contributed by atoms with Gasteiger partial charge >= 0.3 is 5.97 Å². The van der Waals surface area contributed by atoms with E-state index >= 15 is 0 Å². The molecule has 1 saturated carbocycles. The van der Waals surface area contributed by atoms with Gasteiger partial charge in [-0.3, -0.25) is 9.59 Å². The maximum atomic E-state index is 12.5. The van der Waals surface area contributed by atoms with Gasteiger partial charge in [-0.05, 0) is 44.9 Å². The summed E-state index contributed by atoms with van der Waals surface area (Å²) < 4.78 is 0. The van der Waals surface area contributed by atoms with Gasteiger partial charge in [0.05, 0.1) is 11.0 Å². The van der Waals surface area contributed by atoms with Gasteiger partial charge in [0.25, 0.3) is 0 Å². The van der Waals surface area contributed by atoms with Crippen LogP contribution in [-0.2, 0) is 9.59 Å². The lowest BCUT2D eigenvalue weighted by molar-refractivity contribution is -0.156. The molecule has 0 radical (unpaired) electrons. The summed E-state index contributed by atoms with van der Waals surface area (Å²) in [6.07, 6.45) is 3.95. The predicted octanol–water partition coefficient (Wildman–Crippen LogP) is 1.22. The van der Waals surface area contributed by atoms with Gasteiger partial charge in [0.15, 0.2) is 0 Å². The SMILES string of the molecule is CCC1(C(=O)O)CCCN(C(=O)C(C)(N)C2CC2)C1. The summed E-state index contributed by atoms with van der Waals surface area (Å²) in [5.74, 6) is -0.603. The van der Waals surface area contributed by atoms with Crippen LogP contribution in [0.3, 0.4) is 0 Å². The van der Waals surface area contributed by atoms with Crippen LogP contribution in [0.2, 0.25) is 0 Å². The van der Waals surface area contributed by atoms with Crippen molar-refractivity contribution in [1.29, 1.82) is 0 Å². The maximum Gasteiger partial charge on any atom is 0.311 e. The summed E-state index contributed by atoms with van der Waals surface area (Å²) in [5.41, 5.74) is 4.56. The Labute approximate surface area is 114 Å². The predicted molar refractivity (Wildman–Crippen MR) is 71.5 cm³/mol. The van der Waals surface area contributed by atoms with Crippen molar-refractivity contribution in [2.75, 3.05) is 13.1 Å². The third kappa shape index (κ3) is 2.48. The van der Waals surface area contributed by atoms with Crippen molar-refractivity contribution in [2.45, 2.75) is 51.5 Å². The molecule has 19 heavy (non-hydrogen) atoms. The zero-order chi connectivity index (χ0) is 14.3. The largest absolute Gasteiger partial charge is 0.481 e. The minimum Gasteiger partial charge on any atom is -0.481 e. The number of likely N-dealkylation sites (tertiary alicyclic amines) is 1. The van der Waals surface area contributed by atoms with Crippen LogP contribution in [0.15, 0.2) is 0 Å². The van der Waals surface area contributed by atoms with Gasteiger partial charge in [-0.2, -0.15) is 0 Å². The van der Waals surface area contributed by atoms with Crippen LogP contribution in [0.25, 0.3) is 0 Å². The van der Waals surface area contributed by atoms with Gasteiger partial charge in [0.2, 0.25) is 5.91 Å². The Morgan fingerprint density at radius 1 is 1.47 bits per heavy atom. The molecule has 2 rings (SSSR count). The number of carboxylic acid groups (broad SMARTS) is 1. The van der Waals surface area contributed by atoms with Crippen molar-refractivity contribution in [2.24, 2.45) is 17.1 Å². The lowest BCUT2D eigenvalue weighted by atomic mass is 9.77. The normalized spacial score (nSPS) is 30.8. The van der Waals surface area contributed by atoms with Crippen molar-refractivity contribution in [3.8, 4) is 0 Å². The first-order chi connectivity index (χ1) is 8.83. The van der Waals surface area contributed by atoms with Crippen molar-refractivity contribution in [3.63, 3.8) is 0 Å². The zero-order valence-electron chi connectivity index (χ0n) is 11.8. The molecule has 1 heterocycles. The molecule has 108 valence electrons. The van der Waals surface area contributed by atoms with E-state index < -0.39 is 16.9 Å². The molecule has 1 aliphatic carbocycles. The number of hydrogen-bond donors (Lipinski definition) is 2. The van der Waals surface area contributed by atoms with Gasteiger partial charge in [0.1, 0.15) is 0 Å². The van der Waals surface area contributed by atoms with Crippen molar-refractivity contribution >= 4 is 11.9 Å². The molecule has 5 nitrogen and oxygen atoms in total. The van der Waals surface area contributed by atoms with Crippen LogP contribution in [0.4, 0.5) is 0 Å². The van der Waals surface area contributed by atoms with E-state index in [4.69, 9.17) is 5.73 Å². The molecule has 0 aromatic rings. The van der Waals surface area contributed by atoms with Gasteiger partial charge < -0.3 is 15.7 Å². The molecular weight excluding hydrogens is 244 g/mol. The molecule has 2 unspecified atom stereocenters. The van der Waals surface area contributed by atoms with Crippen LogP contribution < -0.4 is 5.73 Å². The Kier molecular flexibility index (Phi) is 3.60. The smallest absolute Gasteiger partial charge is 0.311 e. The zero-order valence-corrected chi connectivity index (χ0v) is 11.8. The Hall–Kier alpha value is -1.10. The Bertz CT molecular complexity index is 390. The first-order valence-corrected chi connectivity index (χ1v) is 7.15. The Morgan fingerprint density at radius 2 is 2.11 bits per heavy atom. The third-order valence-electron chi connectivity index (χ3n) is 4.88. The van der Waals surface area contributed by atoms with E-state index in [0.29, 0.717) is 25.9 Å². The lowest BCUT2D eigenvalue weighted by Crippen LogP contribution is -2.59. The van der Waals surface area contributed by atoms with Crippen molar-refractivity contribution in [3.05, 3.63) is 0 Å². The molecule has 0 spiro atoms. The van der Waals surface area contributed by atoms with E-state index in [0.717, 1.165) is 19.3 Å². The maximum absolute atomic E-state index is 12.5. The highest BCUT2D eigenvalue weighted by molar-refractivity contribution is 5.87. The third-order valence-corrected chi connectivity index (χ3v) is 4.88. The van der Waals surface area contributed by atoms with E-state index in [1.54, 1.807) is 11.8 Å². The fourth-order valence-corrected chi connectivity index (χ4v) is 3.12. The molecule has 2 fully saturated rings. The minimum absolute atomic E-state index is 0.0752. The van der Waals surface area contributed by atoms with Gasteiger partial charge in [-0.25, -0.2) is 0 Å². The summed E-state index contributed by atoms with van der Waals surface area (Å²) in [5, 5.41) is 9.44. The molecule has 1 saturated heterocycles. The summed E-state index contributed by atoms with van der Waals surface area (Å²) in [4.78, 5) is 25.7. The van der Waals surface area contributed by atoms with E-state index in [9.17, 15) is 14.7 Å². The molecule has 3 N–H and O–H groups in total. The number of nitrogens with two attached hydrogens (primary N) is 1. The fourth-order valence-electron chi connectivity index (χ4n) is 3.12. The van der Waals surface area contributed by atoms with Crippen molar-refractivity contribution < 1.29 is 14.7 Å². The van der Waals surface area contributed by atoms with Gasteiger partial charge in [0, 0.05) is 13.1 Å². The highest BCUT2D eigenvalue weighted by Gasteiger charge is 2.49. The summed E-state index contributed by atoms with van der Waals surface area (Å²) in [6, 6.07) is 0. The summed E-state index contributed by atoms with van der Waals surface area (Å²) in [6.45, 7) is 4.60. The quantitative estimate of drug-likeness (QED) is 0.803. The number of hydrogen-bond acceptors (Lipinski definition) is 3. The number of carboxylic acids is 1. The molecule has 1 amide bonds. The molecule has 1 aliphatic heterocycles. The first kappa shape index (κ1) is 14.3. The first-order valence-electron chi connectivity index (χ1n) is 7.15. The fraction of sp³-hybridized carbons (Fsp3) is 0.857. The molecule has 5 heteroatoms. The average Bonchev–Trinajstić information content (AvgIpc) is 3.22.